The molecule has 3 heteroatoms. The van der Waals surface area contributed by atoms with E-state index in [1.807, 2.05) is 24.6 Å². The number of furan rings is 1. The van der Waals surface area contributed by atoms with Gasteiger partial charge in [-0.05, 0) is 48.7 Å². The lowest BCUT2D eigenvalue weighted by Crippen LogP contribution is -2.24. The fourth-order valence-corrected chi connectivity index (χ4v) is 2.68. The van der Waals surface area contributed by atoms with E-state index in [0.717, 1.165) is 24.9 Å². The Morgan fingerprint density at radius 1 is 1.19 bits per heavy atom. The van der Waals surface area contributed by atoms with Crippen molar-refractivity contribution in [2.45, 2.75) is 25.8 Å². The largest absolute Gasteiger partial charge is 0.472 e. The zero-order chi connectivity index (χ0) is 14.5. The van der Waals surface area contributed by atoms with Crippen molar-refractivity contribution in [2.24, 2.45) is 0 Å². The lowest BCUT2D eigenvalue weighted by atomic mass is 9.97. The third-order valence-corrected chi connectivity index (χ3v) is 3.72. The van der Waals surface area contributed by atoms with Gasteiger partial charge in [-0.3, -0.25) is 4.98 Å². The van der Waals surface area contributed by atoms with Crippen molar-refractivity contribution in [3.8, 4) is 0 Å². The van der Waals surface area contributed by atoms with E-state index >= 15 is 0 Å². The molecule has 0 aliphatic rings. The Balaban J connectivity index is 1.97. The third kappa shape index (κ3) is 3.14. The van der Waals surface area contributed by atoms with Crippen LogP contribution in [0.3, 0.4) is 0 Å². The van der Waals surface area contributed by atoms with Crippen molar-refractivity contribution in [3.63, 3.8) is 0 Å². The minimum absolute atomic E-state index is 0.274. The Morgan fingerprint density at radius 2 is 2.10 bits per heavy atom. The van der Waals surface area contributed by atoms with E-state index in [9.17, 15) is 0 Å². The molecule has 0 saturated heterocycles. The summed E-state index contributed by atoms with van der Waals surface area (Å²) in [4.78, 5) is 4.46. The van der Waals surface area contributed by atoms with Crippen molar-refractivity contribution in [1.82, 2.24) is 10.3 Å². The molecule has 0 bridgehead atoms. The molecule has 1 atom stereocenters. The van der Waals surface area contributed by atoms with E-state index in [2.05, 4.69) is 41.5 Å². The molecule has 1 aromatic carbocycles. The quantitative estimate of drug-likeness (QED) is 0.738. The number of para-hydroxylation sites is 1. The first kappa shape index (κ1) is 13.8. The highest BCUT2D eigenvalue weighted by molar-refractivity contribution is 5.82. The van der Waals surface area contributed by atoms with Gasteiger partial charge in [-0.1, -0.05) is 25.1 Å². The molecule has 1 N–H and O–H groups in total. The van der Waals surface area contributed by atoms with Crippen LogP contribution in [-0.4, -0.2) is 11.5 Å². The van der Waals surface area contributed by atoms with Crippen molar-refractivity contribution in [1.29, 1.82) is 0 Å². The summed E-state index contributed by atoms with van der Waals surface area (Å²) in [6, 6.07) is 12.7. The SMILES string of the molecule is CCCNC(Cc1ccoc1)c1ccnc2ccccc12. The van der Waals surface area contributed by atoms with Crippen LogP contribution in [0.2, 0.25) is 0 Å². The number of hydrogen-bond acceptors (Lipinski definition) is 3. The Kier molecular flexibility index (Phi) is 4.31. The molecule has 21 heavy (non-hydrogen) atoms. The van der Waals surface area contributed by atoms with Gasteiger partial charge in [0, 0.05) is 17.6 Å². The molecular formula is C18H20N2O. The summed E-state index contributed by atoms with van der Waals surface area (Å²) in [6.45, 7) is 3.19. The van der Waals surface area contributed by atoms with E-state index in [1.165, 1.54) is 16.5 Å². The van der Waals surface area contributed by atoms with Crippen molar-refractivity contribution < 1.29 is 4.42 Å². The number of pyridine rings is 1. The monoisotopic (exact) mass is 280 g/mol. The first-order valence-electron chi connectivity index (χ1n) is 7.46. The second-order valence-electron chi connectivity index (χ2n) is 5.26. The second kappa shape index (κ2) is 6.55. The summed E-state index contributed by atoms with van der Waals surface area (Å²) >= 11 is 0. The maximum Gasteiger partial charge on any atom is 0.0935 e. The fourth-order valence-electron chi connectivity index (χ4n) is 2.68. The summed E-state index contributed by atoms with van der Waals surface area (Å²) in [6.07, 6.45) is 7.49. The smallest absolute Gasteiger partial charge is 0.0935 e. The maximum absolute atomic E-state index is 5.20. The summed E-state index contributed by atoms with van der Waals surface area (Å²) < 4.78 is 5.20. The summed E-state index contributed by atoms with van der Waals surface area (Å²) in [5, 5.41) is 4.87. The first-order valence-corrected chi connectivity index (χ1v) is 7.46. The van der Waals surface area contributed by atoms with Crippen LogP contribution in [0, 0.1) is 0 Å². The molecule has 3 nitrogen and oxygen atoms in total. The van der Waals surface area contributed by atoms with Gasteiger partial charge in [-0.15, -0.1) is 0 Å². The van der Waals surface area contributed by atoms with Crippen LogP contribution >= 0.6 is 0 Å². The molecule has 2 aromatic heterocycles. The zero-order valence-electron chi connectivity index (χ0n) is 12.3. The maximum atomic E-state index is 5.20. The zero-order valence-corrected chi connectivity index (χ0v) is 12.3. The topological polar surface area (TPSA) is 38.1 Å². The number of rotatable bonds is 6. The van der Waals surface area contributed by atoms with Gasteiger partial charge in [0.15, 0.2) is 0 Å². The molecule has 0 aliphatic carbocycles. The molecule has 0 aliphatic heterocycles. The third-order valence-electron chi connectivity index (χ3n) is 3.72. The second-order valence-corrected chi connectivity index (χ2v) is 5.26. The lowest BCUT2D eigenvalue weighted by molar-refractivity contribution is 0.523. The van der Waals surface area contributed by atoms with Gasteiger partial charge in [0.05, 0.1) is 18.0 Å². The average molecular weight is 280 g/mol. The molecule has 0 amide bonds. The van der Waals surface area contributed by atoms with E-state index < -0.39 is 0 Å². The van der Waals surface area contributed by atoms with Gasteiger partial charge < -0.3 is 9.73 Å². The molecule has 0 radical (unpaired) electrons. The van der Waals surface area contributed by atoms with Crippen LogP contribution in [0.15, 0.2) is 59.5 Å². The van der Waals surface area contributed by atoms with Gasteiger partial charge >= 0.3 is 0 Å². The van der Waals surface area contributed by atoms with Crippen LogP contribution in [-0.2, 0) is 6.42 Å². The molecule has 0 fully saturated rings. The molecule has 0 saturated carbocycles. The molecule has 3 rings (SSSR count). The normalized spacial score (nSPS) is 12.6. The molecule has 0 spiro atoms. The highest BCUT2D eigenvalue weighted by atomic mass is 16.3. The Labute approximate surface area is 125 Å². The van der Waals surface area contributed by atoms with Crippen LogP contribution in [0.5, 0.6) is 0 Å². The van der Waals surface area contributed by atoms with Gasteiger partial charge in [0.1, 0.15) is 0 Å². The number of fused-ring (bicyclic) bond motifs is 1. The van der Waals surface area contributed by atoms with Crippen LogP contribution in [0.1, 0.15) is 30.5 Å². The lowest BCUT2D eigenvalue weighted by Gasteiger charge is -2.20. The standard InChI is InChI=1S/C18H20N2O/c1-2-9-19-18(12-14-8-11-21-13-14)16-7-10-20-17-6-4-3-5-15(16)17/h3-8,10-11,13,18-19H,2,9,12H2,1H3. The molecule has 1 unspecified atom stereocenters. The van der Waals surface area contributed by atoms with E-state index in [0.29, 0.717) is 0 Å². The van der Waals surface area contributed by atoms with Crippen LogP contribution < -0.4 is 5.32 Å². The van der Waals surface area contributed by atoms with Crippen molar-refractivity contribution >= 4 is 10.9 Å². The van der Waals surface area contributed by atoms with Crippen molar-refractivity contribution in [2.75, 3.05) is 6.54 Å². The number of nitrogens with zero attached hydrogens (tertiary/aromatic N) is 1. The Hall–Kier alpha value is -2.13. The summed E-state index contributed by atoms with van der Waals surface area (Å²) in [5.41, 5.74) is 3.56. The minimum Gasteiger partial charge on any atom is -0.472 e. The predicted octanol–water partition coefficient (Wildman–Crippen LogP) is 4.11. The molecular weight excluding hydrogens is 260 g/mol. The Bertz CT molecular complexity index is 686. The van der Waals surface area contributed by atoms with Crippen molar-refractivity contribution in [3.05, 3.63) is 66.2 Å². The molecule has 2 heterocycles. The van der Waals surface area contributed by atoms with E-state index in [4.69, 9.17) is 4.42 Å². The Morgan fingerprint density at radius 3 is 2.90 bits per heavy atom. The van der Waals surface area contributed by atoms with Gasteiger partial charge in [-0.25, -0.2) is 0 Å². The highest BCUT2D eigenvalue weighted by Crippen LogP contribution is 2.25. The van der Waals surface area contributed by atoms with Gasteiger partial charge in [0.2, 0.25) is 0 Å². The summed E-state index contributed by atoms with van der Waals surface area (Å²) in [7, 11) is 0. The van der Waals surface area contributed by atoms with Crippen LogP contribution in [0.25, 0.3) is 10.9 Å². The predicted molar refractivity (Wildman–Crippen MR) is 85.2 cm³/mol. The number of benzene rings is 1. The van der Waals surface area contributed by atoms with E-state index in [-0.39, 0.29) is 6.04 Å². The van der Waals surface area contributed by atoms with Crippen LogP contribution in [0.4, 0.5) is 0 Å². The fraction of sp³-hybridized carbons (Fsp3) is 0.278. The van der Waals surface area contributed by atoms with Gasteiger partial charge in [0.25, 0.3) is 0 Å². The number of aromatic nitrogens is 1. The molecule has 108 valence electrons. The average Bonchev–Trinajstić information content (AvgIpc) is 3.04. The summed E-state index contributed by atoms with van der Waals surface area (Å²) in [5.74, 6) is 0. The van der Waals surface area contributed by atoms with Gasteiger partial charge in [-0.2, -0.15) is 0 Å². The number of hydrogen-bond donors (Lipinski definition) is 1. The van der Waals surface area contributed by atoms with E-state index in [1.54, 1.807) is 6.26 Å². The number of nitrogens with one attached hydrogen (secondary N) is 1. The first-order chi connectivity index (χ1) is 10.4. The highest BCUT2D eigenvalue weighted by Gasteiger charge is 2.15. The molecule has 3 aromatic rings. The minimum atomic E-state index is 0.274.